The third-order valence-corrected chi connectivity index (χ3v) is 13.5. The fourth-order valence-corrected chi connectivity index (χ4v) is 11.1. The van der Waals surface area contributed by atoms with E-state index in [0.717, 1.165) is 42.9 Å². The van der Waals surface area contributed by atoms with E-state index < -0.39 is 7.92 Å². The van der Waals surface area contributed by atoms with Gasteiger partial charge in [-0.25, -0.2) is 7.92 Å². The zero-order valence-corrected chi connectivity index (χ0v) is 30.1. The number of aliphatic hydroxyl groups excluding tert-OH is 1. The molecule has 0 radical (unpaired) electrons. The van der Waals surface area contributed by atoms with Crippen LogP contribution in [0, 0.1) is 48.6 Å². The van der Waals surface area contributed by atoms with Crippen molar-refractivity contribution in [1.82, 2.24) is 0 Å². The van der Waals surface area contributed by atoms with Crippen LogP contribution in [0.3, 0.4) is 0 Å². The van der Waals surface area contributed by atoms with Gasteiger partial charge in [-0.3, -0.25) is 6.16 Å². The minimum Gasteiger partial charge on any atom is -0.396 e. The maximum absolute atomic E-state index is 9.79. The zero-order chi connectivity index (χ0) is 30.4. The van der Waals surface area contributed by atoms with Crippen LogP contribution < -0.4 is 10.6 Å². The second kappa shape index (κ2) is 20.4. The van der Waals surface area contributed by atoms with Gasteiger partial charge in [0.25, 0.3) is 0 Å². The molecule has 5 rings (SSSR count). The molecule has 1 N–H and O–H groups in total. The maximum Gasteiger partial charge on any atom is 2.00 e. The van der Waals surface area contributed by atoms with E-state index in [1.54, 1.807) is 11.1 Å². The summed E-state index contributed by atoms with van der Waals surface area (Å²) < 4.78 is 0. The number of aliphatic hydroxyl groups is 1. The van der Waals surface area contributed by atoms with Crippen molar-refractivity contribution in [2.45, 2.75) is 117 Å². The van der Waals surface area contributed by atoms with Gasteiger partial charge < -0.3 is 12.0 Å². The first-order valence-corrected chi connectivity index (χ1v) is 19.3. The van der Waals surface area contributed by atoms with Crippen LogP contribution >= 0.6 is 7.92 Å². The Morgan fingerprint density at radius 1 is 0.841 bits per heavy atom. The van der Waals surface area contributed by atoms with Gasteiger partial charge in [-0.2, -0.15) is 12.3 Å². The molecule has 1 nitrogen and oxygen atoms in total. The Morgan fingerprint density at radius 2 is 1.34 bits per heavy atom. The van der Waals surface area contributed by atoms with Crippen LogP contribution in [-0.2, 0) is 17.1 Å². The number of allylic oxidation sites excluding steroid dienone is 2. The molecule has 0 amide bonds. The summed E-state index contributed by atoms with van der Waals surface area (Å²) >= 11 is 0. The third-order valence-electron chi connectivity index (χ3n) is 11.1. The van der Waals surface area contributed by atoms with Crippen LogP contribution in [-0.4, -0.2) is 11.7 Å². The molecule has 0 saturated heterocycles. The average Bonchev–Trinajstić information content (AvgIpc) is 3.06. The molecular formula is C41H61FeOP. The van der Waals surface area contributed by atoms with Crippen molar-refractivity contribution in [2.75, 3.05) is 6.61 Å². The number of hydrogen-bond acceptors (Lipinski definition) is 1. The largest absolute Gasteiger partial charge is 2.00 e. The van der Waals surface area contributed by atoms with Gasteiger partial charge >= 0.3 is 17.1 Å². The second-order valence-electron chi connectivity index (χ2n) is 13.8. The van der Waals surface area contributed by atoms with E-state index in [-0.39, 0.29) is 17.1 Å². The minimum absolute atomic E-state index is 0. The van der Waals surface area contributed by atoms with E-state index in [9.17, 15) is 5.11 Å². The molecule has 3 atom stereocenters. The molecule has 2 aromatic rings. The summed E-state index contributed by atoms with van der Waals surface area (Å²) in [5.74, 6) is 4.78. The van der Waals surface area contributed by atoms with Crippen molar-refractivity contribution in [2.24, 2.45) is 35.5 Å². The van der Waals surface area contributed by atoms with Crippen LogP contribution in [0.25, 0.3) is 0 Å². The molecule has 0 heterocycles. The van der Waals surface area contributed by atoms with E-state index in [4.69, 9.17) is 0 Å². The Balaban J connectivity index is 0.000000455. The molecule has 0 bridgehead atoms. The average molecular weight is 657 g/mol. The van der Waals surface area contributed by atoms with Crippen LogP contribution in [0.5, 0.6) is 0 Å². The molecule has 3 aliphatic rings. The van der Waals surface area contributed by atoms with E-state index >= 15 is 0 Å². The van der Waals surface area contributed by atoms with Crippen LogP contribution in [0.1, 0.15) is 117 Å². The fourth-order valence-electron chi connectivity index (χ4n) is 8.69. The van der Waals surface area contributed by atoms with Gasteiger partial charge in [0.2, 0.25) is 0 Å². The molecule has 0 aliphatic heterocycles. The molecule has 2 aromatic carbocycles. The fraction of sp³-hybridized carbons (Fsp3) is 0.610. The van der Waals surface area contributed by atoms with Gasteiger partial charge in [0.15, 0.2) is 0 Å². The Kier molecular flexibility index (Phi) is 17.4. The summed E-state index contributed by atoms with van der Waals surface area (Å²) in [5.41, 5.74) is 3.29. The summed E-state index contributed by atoms with van der Waals surface area (Å²) in [6.07, 6.45) is 22.8. The van der Waals surface area contributed by atoms with Crippen molar-refractivity contribution >= 4 is 18.5 Å². The van der Waals surface area contributed by atoms with Gasteiger partial charge in [0.05, 0.1) is 0 Å². The van der Waals surface area contributed by atoms with Crippen molar-refractivity contribution in [3.05, 3.63) is 84.9 Å². The van der Waals surface area contributed by atoms with Gasteiger partial charge in [0.1, 0.15) is 0 Å². The van der Waals surface area contributed by atoms with Crippen molar-refractivity contribution in [3.63, 3.8) is 0 Å². The van der Waals surface area contributed by atoms with Crippen LogP contribution in [0.15, 0.2) is 71.8 Å². The quantitative estimate of drug-likeness (QED) is 0.0985. The molecule has 244 valence electrons. The molecule has 3 aliphatic carbocycles. The number of benzene rings is 2. The smallest absolute Gasteiger partial charge is 0.396 e. The molecule has 0 aromatic heterocycles. The summed E-state index contributed by atoms with van der Waals surface area (Å²) in [6.45, 7) is 11.3. The minimum atomic E-state index is -0.506. The molecule has 2 saturated carbocycles. The Morgan fingerprint density at radius 3 is 1.73 bits per heavy atom. The van der Waals surface area contributed by atoms with Gasteiger partial charge in [-0.15, -0.1) is 0 Å². The Hall–Kier alpha value is -0.911. The summed E-state index contributed by atoms with van der Waals surface area (Å²) in [4.78, 5) is 0. The van der Waals surface area contributed by atoms with E-state index in [2.05, 4.69) is 94.5 Å². The summed E-state index contributed by atoms with van der Waals surface area (Å²) in [7, 11) is -0.506. The maximum atomic E-state index is 9.79. The Bertz CT molecular complexity index is 999. The third kappa shape index (κ3) is 10.6. The van der Waals surface area contributed by atoms with Crippen LogP contribution in [0.4, 0.5) is 0 Å². The summed E-state index contributed by atoms with van der Waals surface area (Å²) in [6, 6.07) is 22.3. The van der Waals surface area contributed by atoms with Gasteiger partial charge in [-0.05, 0) is 42.9 Å². The molecule has 44 heavy (non-hydrogen) atoms. The van der Waals surface area contributed by atoms with E-state index in [1.807, 2.05) is 0 Å². The van der Waals surface area contributed by atoms with Crippen molar-refractivity contribution in [1.29, 1.82) is 0 Å². The Labute approximate surface area is 283 Å². The zero-order valence-electron chi connectivity index (χ0n) is 28.1. The first kappa shape index (κ1) is 37.5. The first-order chi connectivity index (χ1) is 21.1. The second-order valence-corrected chi connectivity index (χ2v) is 15.9. The monoisotopic (exact) mass is 656 g/mol. The topological polar surface area (TPSA) is 20.2 Å². The van der Waals surface area contributed by atoms with Crippen molar-refractivity contribution in [3.8, 4) is 0 Å². The van der Waals surface area contributed by atoms with E-state index in [1.165, 1.54) is 87.7 Å². The predicted molar refractivity (Wildman–Crippen MR) is 190 cm³/mol. The standard InChI is InChI=1S/C32H46OP.C9H15.Fe/c1-26(32(27-15-6-2-7-16-27)28-17-8-3-9-18-28)29(19-14-24-33)25-34(30-20-10-4-11-21-30)31-22-12-5-13-23-31;1-4-8-6-7(3)9(8)5-2;/h4-5,10-13,20-23,25-29,32-33H,2-3,6-9,14-19,24H2,1H3;7H,2,4-6H2,1,3H3;/q2*-1;+2/t26-,29?;;/m0../s1. The molecule has 3 heteroatoms. The SMILES string of the molecule is C[C@@H](C([CH-]P(c1ccccc1)c1ccccc1)CCCO)C(C1CCCCC1)C1CCCCC1.[CH2-]CC1=C(CC)CC1C.[Fe+2]. The molecule has 2 fully saturated rings. The summed E-state index contributed by atoms with van der Waals surface area (Å²) in [5, 5.41) is 12.7. The van der Waals surface area contributed by atoms with Crippen LogP contribution in [0.2, 0.25) is 0 Å². The van der Waals surface area contributed by atoms with E-state index in [0.29, 0.717) is 18.4 Å². The first-order valence-electron chi connectivity index (χ1n) is 17.9. The number of rotatable bonds is 13. The number of hydrogen-bond donors (Lipinski definition) is 1. The molecular weight excluding hydrogens is 595 g/mol. The molecule has 2 unspecified atom stereocenters. The molecule has 0 spiro atoms. The normalized spacial score (nSPS) is 20.8. The van der Waals surface area contributed by atoms with Gasteiger partial charge in [-0.1, -0.05) is 180 Å². The van der Waals surface area contributed by atoms with Gasteiger partial charge in [0, 0.05) is 6.61 Å². The predicted octanol–water partition coefficient (Wildman–Crippen LogP) is 11.0. The van der Waals surface area contributed by atoms with Crippen molar-refractivity contribution < 1.29 is 22.2 Å².